The molecule has 5 atom stereocenters. The van der Waals surface area contributed by atoms with Crippen LogP contribution in [0.1, 0.15) is 53.6 Å². The third-order valence-corrected chi connectivity index (χ3v) is 10.7. The van der Waals surface area contributed by atoms with Crippen molar-refractivity contribution in [2.45, 2.75) is 57.6 Å². The van der Waals surface area contributed by atoms with Crippen LogP contribution in [-0.2, 0) is 43.6 Å². The van der Waals surface area contributed by atoms with E-state index in [1.165, 1.54) is 12.1 Å². The number of aliphatic hydroxyl groups excluding tert-OH is 1. The van der Waals surface area contributed by atoms with Gasteiger partial charge in [0.2, 0.25) is 5.91 Å². The van der Waals surface area contributed by atoms with Crippen molar-refractivity contribution in [2.75, 3.05) is 37.6 Å². The molecular weight excluding hydrogens is 718 g/mol. The van der Waals surface area contributed by atoms with Crippen molar-refractivity contribution < 1.29 is 38.6 Å². The third kappa shape index (κ3) is 9.06. The number of nitrogens with one attached hydrogen (secondary N) is 1. The number of carbonyl (C=O) groups is 3. The van der Waals surface area contributed by atoms with Crippen molar-refractivity contribution in [3.8, 4) is 0 Å². The van der Waals surface area contributed by atoms with Gasteiger partial charge in [0.1, 0.15) is 12.6 Å². The number of alkyl carbamates (subject to hydrolysis) is 1. The molecule has 0 saturated carbocycles. The number of piperazine rings is 1. The van der Waals surface area contributed by atoms with E-state index in [1.807, 2.05) is 78.9 Å². The van der Waals surface area contributed by atoms with Crippen LogP contribution in [0.25, 0.3) is 0 Å². The van der Waals surface area contributed by atoms with E-state index in [0.29, 0.717) is 6.54 Å². The van der Waals surface area contributed by atoms with E-state index in [1.54, 1.807) is 12.1 Å². The van der Waals surface area contributed by atoms with Crippen LogP contribution in [-0.4, -0.2) is 82.6 Å². The number of likely N-dealkylation sites (tertiary alicyclic amines) is 1. The number of benzene rings is 4. The first-order valence-corrected chi connectivity index (χ1v) is 18.8. The largest absolute Gasteiger partial charge is 0.445 e. The fourth-order valence-electron chi connectivity index (χ4n) is 7.39. The Balaban J connectivity index is 0.988. The molecule has 3 saturated heterocycles. The van der Waals surface area contributed by atoms with E-state index >= 15 is 0 Å². The van der Waals surface area contributed by atoms with Gasteiger partial charge < -0.3 is 29.5 Å². The van der Waals surface area contributed by atoms with Gasteiger partial charge in [0, 0.05) is 62.0 Å². The molecular formula is C42H45N5O9. The molecule has 56 heavy (non-hydrogen) atoms. The summed E-state index contributed by atoms with van der Waals surface area (Å²) in [6.07, 6.45) is -2.09. The van der Waals surface area contributed by atoms with E-state index in [2.05, 4.69) is 22.0 Å². The average Bonchev–Trinajstić information content (AvgIpc) is 3.48. The highest BCUT2D eigenvalue weighted by Gasteiger charge is 2.41. The molecule has 14 heteroatoms. The highest BCUT2D eigenvalue weighted by molar-refractivity contribution is 6.06. The summed E-state index contributed by atoms with van der Waals surface area (Å²) in [5, 5.41) is 23.3. The smallest absolute Gasteiger partial charge is 0.408 e. The molecule has 4 aromatic rings. The zero-order valence-electron chi connectivity index (χ0n) is 31.1. The zero-order chi connectivity index (χ0) is 39.2. The van der Waals surface area contributed by atoms with Crippen LogP contribution in [0.3, 0.4) is 0 Å². The van der Waals surface area contributed by atoms with Gasteiger partial charge in [0.25, 0.3) is 11.6 Å². The van der Waals surface area contributed by atoms with Gasteiger partial charge in [0.05, 0.1) is 36.7 Å². The number of non-ortho nitro benzene ring substituents is 1. The van der Waals surface area contributed by atoms with Crippen LogP contribution in [0.2, 0.25) is 0 Å². The minimum absolute atomic E-state index is 0.0115. The molecule has 0 aromatic heterocycles. The van der Waals surface area contributed by atoms with E-state index in [4.69, 9.17) is 14.2 Å². The molecule has 3 aliphatic rings. The SMILES string of the molecule is CC1C(CN2CCN(c3ccc([N+](=O)[O-])cc3)CC2)OC(c2ccc(CN3C(=O)CC(NC(=O)OCc4ccccc4)C3=O)cc2)OC1c1ccc(CO)cc1. The summed E-state index contributed by atoms with van der Waals surface area (Å²) in [6, 6.07) is 30.0. The van der Waals surface area contributed by atoms with Gasteiger partial charge in [-0.15, -0.1) is 0 Å². The van der Waals surface area contributed by atoms with Gasteiger partial charge in [0.15, 0.2) is 6.29 Å². The predicted octanol–water partition coefficient (Wildman–Crippen LogP) is 5.25. The summed E-state index contributed by atoms with van der Waals surface area (Å²) in [6.45, 7) is 5.95. The molecule has 5 unspecified atom stereocenters. The van der Waals surface area contributed by atoms with Crippen molar-refractivity contribution in [3.63, 3.8) is 0 Å². The Morgan fingerprint density at radius 3 is 2.18 bits per heavy atom. The first kappa shape index (κ1) is 38.6. The lowest BCUT2D eigenvalue weighted by atomic mass is 9.90. The number of imide groups is 1. The number of anilines is 1. The van der Waals surface area contributed by atoms with Gasteiger partial charge >= 0.3 is 6.09 Å². The zero-order valence-corrected chi connectivity index (χ0v) is 31.1. The number of aliphatic hydroxyl groups is 1. The molecule has 2 N–H and O–H groups in total. The minimum atomic E-state index is -0.998. The summed E-state index contributed by atoms with van der Waals surface area (Å²) in [5.41, 5.74) is 5.13. The topological polar surface area (TPSA) is 164 Å². The second-order valence-electron chi connectivity index (χ2n) is 14.4. The lowest BCUT2D eigenvalue weighted by Gasteiger charge is -2.44. The standard InChI is InChI=1S/C42H45N5O9/c1-28-37(25-44-19-21-45(22-20-44)34-15-17-35(18-16-34)47(52)53)55-41(56-39(28)32-11-9-30(26-48)10-12-32)33-13-7-29(8-14-33)24-46-38(49)23-36(40(46)50)43-42(51)54-27-31-5-3-2-4-6-31/h2-18,28,36-37,39,41,48H,19-27H2,1H3,(H,43,51). The van der Waals surface area contributed by atoms with Crippen molar-refractivity contribution in [3.05, 3.63) is 141 Å². The summed E-state index contributed by atoms with van der Waals surface area (Å²) in [5.74, 6) is -0.885. The lowest BCUT2D eigenvalue weighted by Crippen LogP contribution is -2.51. The Morgan fingerprint density at radius 2 is 1.52 bits per heavy atom. The van der Waals surface area contributed by atoms with E-state index < -0.39 is 29.3 Å². The van der Waals surface area contributed by atoms with Crippen LogP contribution >= 0.6 is 0 Å². The van der Waals surface area contributed by atoms with Crippen molar-refractivity contribution in [1.82, 2.24) is 15.1 Å². The van der Waals surface area contributed by atoms with Gasteiger partial charge in [-0.25, -0.2) is 4.79 Å². The number of hydrogen-bond donors (Lipinski definition) is 2. The van der Waals surface area contributed by atoms with Crippen LogP contribution in [0, 0.1) is 16.0 Å². The minimum Gasteiger partial charge on any atom is -0.445 e. The number of nitro benzene ring substituents is 1. The normalized spacial score (nSPS) is 22.9. The molecule has 4 aromatic carbocycles. The number of rotatable bonds is 12. The lowest BCUT2D eigenvalue weighted by molar-refractivity contribution is -0.384. The van der Waals surface area contributed by atoms with Gasteiger partial charge in [-0.1, -0.05) is 85.8 Å². The Hall–Kier alpha value is -5.67. The van der Waals surface area contributed by atoms with Crippen LogP contribution in [0.15, 0.2) is 103 Å². The molecule has 0 spiro atoms. The Morgan fingerprint density at radius 1 is 0.857 bits per heavy atom. The van der Waals surface area contributed by atoms with Crippen LogP contribution in [0.4, 0.5) is 16.2 Å². The van der Waals surface area contributed by atoms with Gasteiger partial charge in [-0.3, -0.25) is 29.5 Å². The highest BCUT2D eigenvalue weighted by atomic mass is 16.7. The van der Waals surface area contributed by atoms with Crippen LogP contribution < -0.4 is 10.2 Å². The Bertz CT molecular complexity index is 1990. The number of nitrogens with zero attached hydrogens (tertiary/aromatic N) is 4. The maximum atomic E-state index is 13.2. The third-order valence-electron chi connectivity index (χ3n) is 10.7. The molecule has 14 nitrogen and oxygen atoms in total. The van der Waals surface area contributed by atoms with Gasteiger partial charge in [-0.05, 0) is 34.4 Å². The molecule has 0 bridgehead atoms. The molecule has 3 fully saturated rings. The van der Waals surface area contributed by atoms with Crippen molar-refractivity contribution >= 4 is 29.3 Å². The summed E-state index contributed by atoms with van der Waals surface area (Å²) in [4.78, 5) is 54.9. The van der Waals surface area contributed by atoms with Crippen molar-refractivity contribution in [1.29, 1.82) is 0 Å². The van der Waals surface area contributed by atoms with E-state index in [-0.39, 0.29) is 55.9 Å². The van der Waals surface area contributed by atoms with Crippen LogP contribution in [0.5, 0.6) is 0 Å². The fourth-order valence-corrected chi connectivity index (χ4v) is 7.39. The van der Waals surface area contributed by atoms with Gasteiger partial charge in [-0.2, -0.15) is 0 Å². The molecule has 0 radical (unpaired) electrons. The highest BCUT2D eigenvalue weighted by Crippen LogP contribution is 2.42. The Labute approximate surface area is 324 Å². The summed E-state index contributed by atoms with van der Waals surface area (Å²) < 4.78 is 18.6. The second kappa shape index (κ2) is 17.4. The average molecular weight is 764 g/mol. The predicted molar refractivity (Wildman–Crippen MR) is 205 cm³/mol. The van der Waals surface area contributed by atoms with E-state index in [0.717, 1.165) is 64.6 Å². The fraction of sp³-hybridized carbons (Fsp3) is 0.357. The second-order valence-corrected chi connectivity index (χ2v) is 14.4. The molecule has 3 amide bonds. The Kier molecular flexibility index (Phi) is 12.0. The monoisotopic (exact) mass is 763 g/mol. The summed E-state index contributed by atoms with van der Waals surface area (Å²) >= 11 is 0. The maximum Gasteiger partial charge on any atom is 0.408 e. The quantitative estimate of drug-likeness (QED) is 0.110. The number of amides is 3. The first-order chi connectivity index (χ1) is 27.1. The summed E-state index contributed by atoms with van der Waals surface area (Å²) in [7, 11) is 0. The molecule has 0 aliphatic carbocycles. The van der Waals surface area contributed by atoms with Crippen molar-refractivity contribution in [2.24, 2.45) is 5.92 Å². The molecule has 3 heterocycles. The first-order valence-electron chi connectivity index (χ1n) is 18.8. The molecule has 3 aliphatic heterocycles. The number of ether oxygens (including phenoxy) is 3. The number of carbonyl (C=O) groups excluding carboxylic acids is 3. The maximum absolute atomic E-state index is 13.2. The molecule has 7 rings (SSSR count). The van der Waals surface area contributed by atoms with E-state index in [9.17, 15) is 29.6 Å². The number of nitro groups is 1. The molecule has 292 valence electrons. The number of hydrogen-bond acceptors (Lipinski definition) is 11.